The van der Waals surface area contributed by atoms with Crippen LogP contribution in [0.2, 0.25) is 0 Å². The van der Waals surface area contributed by atoms with E-state index >= 15 is 0 Å². The summed E-state index contributed by atoms with van der Waals surface area (Å²) in [5.74, 6) is 0.186. The summed E-state index contributed by atoms with van der Waals surface area (Å²) in [6.45, 7) is 4.08. The van der Waals surface area contributed by atoms with E-state index in [4.69, 9.17) is 0 Å². The number of piperazine rings is 1. The van der Waals surface area contributed by atoms with Gasteiger partial charge in [-0.15, -0.1) is 23.1 Å². The van der Waals surface area contributed by atoms with Gasteiger partial charge in [0.1, 0.15) is 0 Å². The van der Waals surface area contributed by atoms with Crippen molar-refractivity contribution in [3.8, 4) is 0 Å². The monoisotopic (exact) mass is 410 g/mol. The van der Waals surface area contributed by atoms with E-state index in [0.717, 1.165) is 37.0 Å². The molecule has 3 aliphatic rings. The van der Waals surface area contributed by atoms with Gasteiger partial charge in [0.15, 0.2) is 5.13 Å². The quantitative estimate of drug-likeness (QED) is 0.777. The van der Waals surface area contributed by atoms with Crippen LogP contribution < -0.4 is 9.80 Å². The second-order valence-corrected chi connectivity index (χ2v) is 9.25. The van der Waals surface area contributed by atoms with Crippen LogP contribution in [-0.2, 0) is 4.79 Å². The fraction of sp³-hybridized carbons (Fsp3) is 0.333. The Balaban J connectivity index is 1.30. The molecule has 0 radical (unpaired) electrons. The summed E-state index contributed by atoms with van der Waals surface area (Å²) in [5, 5.41) is 3.38. The van der Waals surface area contributed by atoms with E-state index in [2.05, 4.69) is 57.3 Å². The molecule has 5 rings (SSSR count). The highest BCUT2D eigenvalue weighted by Crippen LogP contribution is 2.43. The number of para-hydroxylation sites is 1. The van der Waals surface area contributed by atoms with Crippen LogP contribution in [-0.4, -0.2) is 59.8 Å². The molecule has 0 N–H and O–H groups in total. The highest BCUT2D eigenvalue weighted by molar-refractivity contribution is 8.00. The van der Waals surface area contributed by atoms with Crippen molar-refractivity contribution in [3.05, 3.63) is 60.1 Å². The van der Waals surface area contributed by atoms with Crippen LogP contribution in [0.1, 0.15) is 0 Å². The van der Waals surface area contributed by atoms with E-state index in [-0.39, 0.29) is 17.2 Å². The maximum Gasteiger partial charge on any atom is 0.241 e. The molecule has 28 heavy (non-hydrogen) atoms. The van der Waals surface area contributed by atoms with Gasteiger partial charge in [-0.3, -0.25) is 9.69 Å². The molecule has 2 aromatic rings. The first-order valence-electron chi connectivity index (χ1n) is 9.59. The number of amides is 1. The van der Waals surface area contributed by atoms with Crippen molar-refractivity contribution in [3.63, 3.8) is 0 Å². The average Bonchev–Trinajstić information content (AvgIpc) is 3.27. The number of hydrogen-bond donors (Lipinski definition) is 0. The van der Waals surface area contributed by atoms with Gasteiger partial charge < -0.3 is 9.80 Å². The van der Waals surface area contributed by atoms with E-state index in [0.29, 0.717) is 6.54 Å². The Hall–Kier alpha value is -2.09. The first kappa shape index (κ1) is 18.0. The molecule has 3 heterocycles. The third-order valence-electron chi connectivity index (χ3n) is 5.43. The molecule has 1 amide bonds. The number of anilines is 2. The number of benzene rings is 1. The molecule has 2 atom stereocenters. The van der Waals surface area contributed by atoms with Gasteiger partial charge in [0.25, 0.3) is 0 Å². The minimum Gasteiger partial charge on any atom is -0.346 e. The lowest BCUT2D eigenvalue weighted by molar-refractivity contribution is -0.120. The van der Waals surface area contributed by atoms with Crippen molar-refractivity contribution < 1.29 is 4.79 Å². The molecule has 0 bridgehead atoms. The SMILES string of the molecule is O=C(CN1CCN(c2nccs2)CC1)N1c2ccccc2SC2C=CC=CC21. The molecule has 2 unspecified atom stereocenters. The van der Waals surface area contributed by atoms with Crippen molar-refractivity contribution in [1.29, 1.82) is 0 Å². The lowest BCUT2D eigenvalue weighted by atomic mass is 10.0. The maximum atomic E-state index is 13.4. The number of rotatable bonds is 3. The van der Waals surface area contributed by atoms with Crippen LogP contribution in [0, 0.1) is 0 Å². The van der Waals surface area contributed by atoms with Crippen LogP contribution in [0.25, 0.3) is 0 Å². The Kier molecular flexibility index (Phi) is 4.96. The van der Waals surface area contributed by atoms with E-state index in [1.165, 1.54) is 4.90 Å². The van der Waals surface area contributed by atoms with Crippen LogP contribution in [0.15, 0.2) is 65.0 Å². The second-order valence-electron chi connectivity index (χ2n) is 7.15. The number of carbonyl (C=O) groups excluding carboxylic acids is 1. The Bertz CT molecular complexity index is 903. The van der Waals surface area contributed by atoms with Gasteiger partial charge in [-0.05, 0) is 12.1 Å². The fourth-order valence-corrected chi connectivity index (χ4v) is 5.97. The maximum absolute atomic E-state index is 13.4. The number of thioether (sulfide) groups is 1. The number of nitrogens with zero attached hydrogens (tertiary/aromatic N) is 4. The second kappa shape index (κ2) is 7.73. The van der Waals surface area contributed by atoms with Gasteiger partial charge in [-0.25, -0.2) is 4.98 Å². The van der Waals surface area contributed by atoms with E-state index in [1.54, 1.807) is 11.3 Å². The lowest BCUT2D eigenvalue weighted by Crippen LogP contribution is -2.54. The largest absolute Gasteiger partial charge is 0.346 e. The van der Waals surface area contributed by atoms with Crippen molar-refractivity contribution >= 4 is 39.8 Å². The number of fused-ring (bicyclic) bond motifs is 2. The summed E-state index contributed by atoms with van der Waals surface area (Å²) in [6, 6.07) is 8.36. The highest BCUT2D eigenvalue weighted by Gasteiger charge is 2.37. The molecule has 0 saturated carbocycles. The van der Waals surface area contributed by atoms with Gasteiger partial charge in [0, 0.05) is 42.7 Å². The standard InChI is InChI=1S/C21H22N4OS2/c26-20(15-23-10-12-24(13-11-23)21-22-9-14-27-21)25-16-5-1-3-7-18(16)28-19-8-4-2-6-17(19)25/h1-9,14,16,18H,10-13,15H2. The van der Waals surface area contributed by atoms with Crippen LogP contribution in [0.5, 0.6) is 0 Å². The van der Waals surface area contributed by atoms with Gasteiger partial charge in [0.05, 0.1) is 23.5 Å². The summed E-state index contributed by atoms with van der Waals surface area (Å²) in [4.78, 5) is 25.6. The molecule has 1 saturated heterocycles. The summed E-state index contributed by atoms with van der Waals surface area (Å²) >= 11 is 3.53. The van der Waals surface area contributed by atoms with Crippen LogP contribution in [0.3, 0.4) is 0 Å². The molecule has 144 valence electrons. The van der Waals surface area contributed by atoms with E-state index < -0.39 is 0 Å². The van der Waals surface area contributed by atoms with Crippen molar-refractivity contribution in [2.45, 2.75) is 16.2 Å². The highest BCUT2D eigenvalue weighted by atomic mass is 32.2. The Morgan fingerprint density at radius 1 is 1.11 bits per heavy atom. The van der Waals surface area contributed by atoms with Crippen LogP contribution in [0.4, 0.5) is 10.8 Å². The summed E-state index contributed by atoms with van der Waals surface area (Å²) in [7, 11) is 0. The first-order valence-corrected chi connectivity index (χ1v) is 11.3. The molecular formula is C21H22N4OS2. The predicted octanol–water partition coefficient (Wildman–Crippen LogP) is 3.27. The van der Waals surface area contributed by atoms with Gasteiger partial charge in [-0.1, -0.05) is 36.4 Å². The average molecular weight is 411 g/mol. The van der Waals surface area contributed by atoms with E-state index in [1.807, 2.05) is 34.3 Å². The molecular weight excluding hydrogens is 388 g/mol. The zero-order valence-electron chi connectivity index (χ0n) is 15.5. The topological polar surface area (TPSA) is 39.7 Å². The third kappa shape index (κ3) is 3.38. The molecule has 2 aliphatic heterocycles. The molecule has 0 spiro atoms. The third-order valence-corrected chi connectivity index (χ3v) is 7.57. The number of carbonyl (C=O) groups is 1. The Labute approximate surface area is 173 Å². The molecule has 1 aromatic carbocycles. The normalized spacial score (nSPS) is 24.1. The minimum atomic E-state index is 0.0917. The Morgan fingerprint density at radius 3 is 2.75 bits per heavy atom. The lowest BCUT2D eigenvalue weighted by Gasteiger charge is -2.42. The molecule has 5 nitrogen and oxygen atoms in total. The molecule has 1 fully saturated rings. The van der Waals surface area contributed by atoms with Crippen LogP contribution >= 0.6 is 23.1 Å². The number of allylic oxidation sites excluding steroid dienone is 2. The zero-order valence-corrected chi connectivity index (χ0v) is 17.1. The molecule has 1 aliphatic carbocycles. The number of aromatic nitrogens is 1. The van der Waals surface area contributed by atoms with Gasteiger partial charge in [-0.2, -0.15) is 0 Å². The summed E-state index contributed by atoms with van der Waals surface area (Å²) in [6.07, 6.45) is 10.4. The Morgan fingerprint density at radius 2 is 1.93 bits per heavy atom. The molecule has 7 heteroatoms. The first-order chi connectivity index (χ1) is 13.8. The number of hydrogen-bond acceptors (Lipinski definition) is 6. The van der Waals surface area contributed by atoms with Gasteiger partial charge >= 0.3 is 0 Å². The van der Waals surface area contributed by atoms with Gasteiger partial charge in [0.2, 0.25) is 5.91 Å². The van der Waals surface area contributed by atoms with Crippen molar-refractivity contribution in [2.75, 3.05) is 42.5 Å². The summed E-state index contributed by atoms with van der Waals surface area (Å²) in [5.41, 5.74) is 1.04. The fourth-order valence-electron chi connectivity index (χ4n) is 4.02. The zero-order chi connectivity index (χ0) is 18.9. The van der Waals surface area contributed by atoms with Crippen molar-refractivity contribution in [1.82, 2.24) is 9.88 Å². The van der Waals surface area contributed by atoms with E-state index in [9.17, 15) is 4.79 Å². The van der Waals surface area contributed by atoms with Crippen molar-refractivity contribution in [2.24, 2.45) is 0 Å². The number of thiazole rings is 1. The smallest absolute Gasteiger partial charge is 0.241 e. The minimum absolute atomic E-state index is 0.0917. The summed E-state index contributed by atoms with van der Waals surface area (Å²) < 4.78 is 0. The predicted molar refractivity (Wildman–Crippen MR) is 116 cm³/mol. The molecule has 1 aromatic heterocycles.